The van der Waals surface area contributed by atoms with Gasteiger partial charge in [-0.25, -0.2) is 0 Å². The van der Waals surface area contributed by atoms with Crippen molar-refractivity contribution in [3.05, 3.63) is 12.7 Å². The van der Waals surface area contributed by atoms with E-state index in [1.54, 1.807) is 6.92 Å². The third-order valence-electron chi connectivity index (χ3n) is 2.49. The Balaban J connectivity index is 2.55. The Bertz CT molecular complexity index is 298. The van der Waals surface area contributed by atoms with E-state index in [1.165, 1.54) is 6.08 Å². The molecule has 0 radical (unpaired) electrons. The summed E-state index contributed by atoms with van der Waals surface area (Å²) < 4.78 is 11.4. The molecule has 90 valence electrons. The average Bonchev–Trinajstić information content (AvgIpc) is 2.50. The average molecular weight is 224 g/mol. The summed E-state index contributed by atoms with van der Waals surface area (Å²) in [5.74, 6) is 5.24. The van der Waals surface area contributed by atoms with Crippen LogP contribution in [0.15, 0.2) is 12.7 Å². The topological polar surface area (TPSA) is 38.7 Å². The van der Waals surface area contributed by atoms with E-state index < -0.39 is 11.9 Å². The Morgan fingerprint density at radius 2 is 2.19 bits per heavy atom. The monoisotopic (exact) mass is 224 g/mol. The van der Waals surface area contributed by atoms with Crippen molar-refractivity contribution >= 4 is 0 Å². The Kier molecular flexibility index (Phi) is 4.55. The minimum Gasteiger partial charge on any atom is -0.389 e. The SMILES string of the molecule is C=CC(O)CCC1OC(C)(C)OC1C#CC. The first-order chi connectivity index (χ1) is 7.48. The predicted molar refractivity (Wildman–Crippen MR) is 62.7 cm³/mol. The summed E-state index contributed by atoms with van der Waals surface area (Å²) in [6, 6.07) is 0. The van der Waals surface area contributed by atoms with Crippen LogP contribution < -0.4 is 0 Å². The highest BCUT2D eigenvalue weighted by molar-refractivity contribution is 5.08. The van der Waals surface area contributed by atoms with Gasteiger partial charge in [-0.1, -0.05) is 12.0 Å². The molecule has 3 heteroatoms. The van der Waals surface area contributed by atoms with E-state index in [4.69, 9.17) is 9.47 Å². The molecule has 1 aliphatic rings. The molecule has 1 heterocycles. The lowest BCUT2D eigenvalue weighted by Gasteiger charge is -2.16. The molecule has 0 spiro atoms. The van der Waals surface area contributed by atoms with Gasteiger partial charge in [0, 0.05) is 0 Å². The molecule has 1 N–H and O–H groups in total. The normalized spacial score (nSPS) is 29.2. The number of aliphatic hydroxyl groups is 1. The standard InChI is InChI=1S/C13H20O3/c1-5-7-11-12(9-8-10(14)6-2)16-13(3,4)15-11/h6,10-12,14H,2,8-9H2,1,3-4H3. The molecule has 1 fully saturated rings. The highest BCUT2D eigenvalue weighted by atomic mass is 16.7. The summed E-state index contributed by atoms with van der Waals surface area (Å²) in [6.07, 6.45) is 2.11. The Labute approximate surface area is 97.4 Å². The van der Waals surface area contributed by atoms with Crippen LogP contribution in [0, 0.1) is 11.8 Å². The number of ether oxygens (including phenoxy) is 2. The first-order valence-corrected chi connectivity index (χ1v) is 5.57. The third kappa shape index (κ3) is 3.64. The molecule has 0 aromatic carbocycles. The molecule has 1 saturated heterocycles. The van der Waals surface area contributed by atoms with Crippen molar-refractivity contribution in [1.29, 1.82) is 0 Å². The molecular weight excluding hydrogens is 204 g/mol. The summed E-state index contributed by atoms with van der Waals surface area (Å²) in [7, 11) is 0. The van der Waals surface area contributed by atoms with Gasteiger partial charge in [-0.05, 0) is 33.6 Å². The van der Waals surface area contributed by atoms with Crippen molar-refractivity contribution in [3.8, 4) is 11.8 Å². The first-order valence-electron chi connectivity index (χ1n) is 5.57. The highest BCUT2D eigenvalue weighted by Crippen LogP contribution is 2.30. The Hall–Kier alpha value is -0.820. The van der Waals surface area contributed by atoms with Crippen LogP contribution in [-0.4, -0.2) is 29.2 Å². The zero-order valence-corrected chi connectivity index (χ0v) is 10.2. The fourth-order valence-corrected chi connectivity index (χ4v) is 1.76. The maximum atomic E-state index is 9.41. The van der Waals surface area contributed by atoms with Gasteiger partial charge in [-0.3, -0.25) is 0 Å². The van der Waals surface area contributed by atoms with Crippen LogP contribution in [0.3, 0.4) is 0 Å². The molecule has 0 amide bonds. The van der Waals surface area contributed by atoms with Gasteiger partial charge in [-0.2, -0.15) is 0 Å². The second-order valence-corrected chi connectivity index (χ2v) is 4.37. The molecule has 0 saturated carbocycles. The second-order valence-electron chi connectivity index (χ2n) is 4.37. The van der Waals surface area contributed by atoms with Gasteiger partial charge in [0.1, 0.15) is 6.10 Å². The number of hydrogen-bond donors (Lipinski definition) is 1. The van der Waals surface area contributed by atoms with Crippen LogP contribution in [0.1, 0.15) is 33.6 Å². The van der Waals surface area contributed by atoms with Crippen molar-refractivity contribution < 1.29 is 14.6 Å². The largest absolute Gasteiger partial charge is 0.389 e. The lowest BCUT2D eigenvalue weighted by atomic mass is 10.1. The molecule has 1 aliphatic heterocycles. The molecule has 0 aromatic rings. The summed E-state index contributed by atoms with van der Waals surface area (Å²) in [4.78, 5) is 0. The van der Waals surface area contributed by atoms with Crippen molar-refractivity contribution in [2.75, 3.05) is 0 Å². The molecule has 1 rings (SSSR count). The van der Waals surface area contributed by atoms with Gasteiger partial charge < -0.3 is 14.6 Å². The van der Waals surface area contributed by atoms with E-state index in [9.17, 15) is 5.11 Å². The number of aliphatic hydroxyl groups excluding tert-OH is 1. The maximum Gasteiger partial charge on any atom is 0.165 e. The van der Waals surface area contributed by atoms with Crippen molar-refractivity contribution in [3.63, 3.8) is 0 Å². The van der Waals surface area contributed by atoms with Crippen LogP contribution in [0.25, 0.3) is 0 Å². The number of hydrogen-bond acceptors (Lipinski definition) is 3. The molecule has 3 nitrogen and oxygen atoms in total. The summed E-state index contributed by atoms with van der Waals surface area (Å²) in [6.45, 7) is 9.07. The van der Waals surface area contributed by atoms with Crippen LogP contribution in [-0.2, 0) is 9.47 Å². The first kappa shape index (κ1) is 13.2. The molecule has 3 unspecified atom stereocenters. The summed E-state index contributed by atoms with van der Waals surface area (Å²) in [5, 5.41) is 9.41. The van der Waals surface area contributed by atoms with E-state index in [2.05, 4.69) is 18.4 Å². The molecule has 3 atom stereocenters. The second kappa shape index (κ2) is 5.49. The van der Waals surface area contributed by atoms with Gasteiger partial charge in [0.2, 0.25) is 0 Å². The fraction of sp³-hybridized carbons (Fsp3) is 0.692. The van der Waals surface area contributed by atoms with Gasteiger partial charge in [0.05, 0.1) is 12.2 Å². The lowest BCUT2D eigenvalue weighted by molar-refractivity contribution is -0.143. The maximum absolute atomic E-state index is 9.41. The van der Waals surface area contributed by atoms with Crippen molar-refractivity contribution in [2.45, 2.75) is 57.7 Å². The minimum absolute atomic E-state index is 0.0722. The van der Waals surface area contributed by atoms with Crippen LogP contribution in [0.5, 0.6) is 0 Å². The number of rotatable bonds is 4. The Morgan fingerprint density at radius 1 is 1.50 bits per heavy atom. The molecule has 0 aliphatic carbocycles. The van der Waals surface area contributed by atoms with E-state index in [1.807, 2.05) is 13.8 Å². The molecule has 0 aromatic heterocycles. The quantitative estimate of drug-likeness (QED) is 0.585. The van der Waals surface area contributed by atoms with E-state index in [0.29, 0.717) is 6.42 Å². The zero-order valence-electron chi connectivity index (χ0n) is 10.2. The van der Waals surface area contributed by atoms with Crippen molar-refractivity contribution in [1.82, 2.24) is 0 Å². The molecular formula is C13H20O3. The van der Waals surface area contributed by atoms with E-state index >= 15 is 0 Å². The highest BCUT2D eigenvalue weighted by Gasteiger charge is 2.40. The van der Waals surface area contributed by atoms with Gasteiger partial charge in [0.15, 0.2) is 5.79 Å². The van der Waals surface area contributed by atoms with Crippen molar-refractivity contribution in [2.24, 2.45) is 0 Å². The van der Waals surface area contributed by atoms with Gasteiger partial charge in [0.25, 0.3) is 0 Å². The van der Waals surface area contributed by atoms with Gasteiger partial charge >= 0.3 is 0 Å². The summed E-state index contributed by atoms with van der Waals surface area (Å²) >= 11 is 0. The Morgan fingerprint density at radius 3 is 2.75 bits per heavy atom. The summed E-state index contributed by atoms with van der Waals surface area (Å²) in [5.41, 5.74) is 0. The van der Waals surface area contributed by atoms with Crippen LogP contribution in [0.2, 0.25) is 0 Å². The fourth-order valence-electron chi connectivity index (χ4n) is 1.76. The van der Waals surface area contributed by atoms with Crippen LogP contribution >= 0.6 is 0 Å². The third-order valence-corrected chi connectivity index (χ3v) is 2.49. The smallest absolute Gasteiger partial charge is 0.165 e. The van der Waals surface area contributed by atoms with E-state index in [0.717, 1.165) is 6.42 Å². The molecule has 16 heavy (non-hydrogen) atoms. The molecule has 0 bridgehead atoms. The predicted octanol–water partition coefficient (Wildman–Crippen LogP) is 1.86. The van der Waals surface area contributed by atoms with Crippen LogP contribution in [0.4, 0.5) is 0 Å². The lowest BCUT2D eigenvalue weighted by Crippen LogP contribution is -2.22. The zero-order chi connectivity index (χ0) is 12.2. The van der Waals surface area contributed by atoms with E-state index in [-0.39, 0.29) is 12.2 Å². The van der Waals surface area contributed by atoms with Gasteiger partial charge in [-0.15, -0.1) is 12.5 Å². The minimum atomic E-state index is -0.585.